The van der Waals surface area contributed by atoms with E-state index < -0.39 is 0 Å². The highest BCUT2D eigenvalue weighted by molar-refractivity contribution is 5.28. The van der Waals surface area contributed by atoms with Crippen molar-refractivity contribution in [3.63, 3.8) is 0 Å². The zero-order valence-corrected chi connectivity index (χ0v) is 8.66. The molecule has 0 aromatic heterocycles. The van der Waals surface area contributed by atoms with Crippen molar-refractivity contribution in [1.82, 2.24) is 5.06 Å². The predicted octanol–water partition coefficient (Wildman–Crippen LogP) is 2.56. The van der Waals surface area contributed by atoms with Gasteiger partial charge in [0.05, 0.1) is 13.2 Å². The summed E-state index contributed by atoms with van der Waals surface area (Å²) < 4.78 is 0. The van der Waals surface area contributed by atoms with Gasteiger partial charge >= 0.3 is 0 Å². The van der Waals surface area contributed by atoms with Gasteiger partial charge in [0.1, 0.15) is 0 Å². The average molecular weight is 189 g/mol. The molecule has 0 aliphatic carbocycles. The first-order valence-corrected chi connectivity index (χ1v) is 4.87. The van der Waals surface area contributed by atoms with Crippen LogP contribution in [0.25, 0.3) is 0 Å². The Morgan fingerprint density at radius 2 is 1.93 bits per heavy atom. The molecule has 0 bridgehead atoms. The average Bonchev–Trinajstić information content (AvgIpc) is 2.54. The van der Waals surface area contributed by atoms with Crippen molar-refractivity contribution in [2.24, 2.45) is 0 Å². The van der Waals surface area contributed by atoms with Crippen molar-refractivity contribution in [3.05, 3.63) is 47.2 Å². The van der Waals surface area contributed by atoms with Crippen molar-refractivity contribution in [3.8, 4) is 0 Å². The molecule has 74 valence electrons. The van der Waals surface area contributed by atoms with Crippen molar-refractivity contribution >= 4 is 0 Å². The van der Waals surface area contributed by atoms with E-state index in [1.807, 2.05) is 17.3 Å². The molecule has 1 aromatic rings. The molecule has 1 heterocycles. The number of benzene rings is 1. The predicted molar refractivity (Wildman–Crippen MR) is 56.6 cm³/mol. The van der Waals surface area contributed by atoms with Crippen LogP contribution in [0.3, 0.4) is 0 Å². The molecule has 0 amide bonds. The Bertz CT molecular complexity index is 337. The van der Waals surface area contributed by atoms with E-state index in [2.05, 4.69) is 32.0 Å². The van der Waals surface area contributed by atoms with Crippen LogP contribution >= 0.6 is 0 Å². The van der Waals surface area contributed by atoms with Gasteiger partial charge in [0.15, 0.2) is 0 Å². The molecule has 2 nitrogen and oxygen atoms in total. The number of nitrogens with zero attached hydrogens (tertiary/aromatic N) is 1. The van der Waals surface area contributed by atoms with Crippen LogP contribution < -0.4 is 0 Å². The molecule has 14 heavy (non-hydrogen) atoms. The highest BCUT2D eigenvalue weighted by Crippen LogP contribution is 2.13. The monoisotopic (exact) mass is 189 g/mol. The van der Waals surface area contributed by atoms with Gasteiger partial charge in [0.2, 0.25) is 0 Å². The first kappa shape index (κ1) is 9.28. The van der Waals surface area contributed by atoms with Gasteiger partial charge in [-0.2, -0.15) is 0 Å². The van der Waals surface area contributed by atoms with Crippen molar-refractivity contribution < 1.29 is 4.84 Å². The summed E-state index contributed by atoms with van der Waals surface area (Å²) in [6, 6.07) is 6.58. The minimum absolute atomic E-state index is 0.699. The lowest BCUT2D eigenvalue weighted by Crippen LogP contribution is -2.12. The largest absolute Gasteiger partial charge is 0.270 e. The van der Waals surface area contributed by atoms with Gasteiger partial charge in [-0.1, -0.05) is 29.3 Å². The minimum Gasteiger partial charge on any atom is -0.270 e. The normalized spacial score (nSPS) is 15.1. The Hall–Kier alpha value is -1.28. The van der Waals surface area contributed by atoms with Crippen LogP contribution in [0.15, 0.2) is 30.5 Å². The second kappa shape index (κ2) is 3.84. The fraction of sp³-hybridized carbons (Fsp3) is 0.333. The van der Waals surface area contributed by atoms with Crippen LogP contribution in [0.2, 0.25) is 0 Å². The highest BCUT2D eigenvalue weighted by Gasteiger charge is 2.05. The van der Waals surface area contributed by atoms with Crippen LogP contribution in [0, 0.1) is 13.8 Å². The molecule has 0 N–H and O–H groups in total. The third kappa shape index (κ3) is 2.15. The molecule has 0 unspecified atom stereocenters. The molecule has 1 aliphatic rings. The Kier molecular flexibility index (Phi) is 2.55. The summed E-state index contributed by atoms with van der Waals surface area (Å²) in [6.45, 7) is 5.78. The van der Waals surface area contributed by atoms with Crippen LogP contribution in [0.4, 0.5) is 0 Å². The number of hydroxylamine groups is 2. The zero-order valence-electron chi connectivity index (χ0n) is 8.66. The quantitative estimate of drug-likeness (QED) is 0.709. The molecular formula is C12H15NO. The standard InChI is InChI=1S/C12H15NO/c1-10-6-11(2)8-12(7-10)9-13-4-3-5-14-13/h3-4,6-8H,5,9H2,1-2H3. The van der Waals surface area contributed by atoms with Gasteiger partial charge in [-0.15, -0.1) is 0 Å². The molecule has 0 saturated carbocycles. The number of hydrogen-bond acceptors (Lipinski definition) is 2. The van der Waals surface area contributed by atoms with Crippen molar-refractivity contribution in [2.75, 3.05) is 6.61 Å². The summed E-state index contributed by atoms with van der Waals surface area (Å²) in [7, 11) is 0. The molecule has 0 radical (unpaired) electrons. The third-order valence-corrected chi connectivity index (χ3v) is 2.23. The Morgan fingerprint density at radius 1 is 1.21 bits per heavy atom. The van der Waals surface area contributed by atoms with Gasteiger partial charge in [-0.25, -0.2) is 0 Å². The second-order valence-electron chi connectivity index (χ2n) is 3.75. The summed E-state index contributed by atoms with van der Waals surface area (Å²) >= 11 is 0. The molecule has 1 aromatic carbocycles. The first-order valence-electron chi connectivity index (χ1n) is 4.87. The maximum absolute atomic E-state index is 5.36. The fourth-order valence-corrected chi connectivity index (χ4v) is 1.78. The molecule has 0 atom stereocenters. The molecular weight excluding hydrogens is 174 g/mol. The van der Waals surface area contributed by atoms with E-state index in [1.54, 1.807) is 0 Å². The highest BCUT2D eigenvalue weighted by atomic mass is 16.7. The maximum atomic E-state index is 5.36. The van der Waals surface area contributed by atoms with E-state index in [1.165, 1.54) is 16.7 Å². The molecule has 0 fully saturated rings. The summed E-state index contributed by atoms with van der Waals surface area (Å²) in [4.78, 5) is 5.36. The number of hydrogen-bond donors (Lipinski definition) is 0. The molecule has 0 saturated heterocycles. The summed E-state index contributed by atoms with van der Waals surface area (Å²) in [5.74, 6) is 0. The van der Waals surface area contributed by atoms with Gasteiger partial charge in [-0.3, -0.25) is 9.90 Å². The molecule has 2 rings (SSSR count). The van der Waals surface area contributed by atoms with E-state index in [0.717, 1.165) is 6.54 Å². The number of rotatable bonds is 2. The zero-order chi connectivity index (χ0) is 9.97. The Labute approximate surface area is 84.8 Å². The van der Waals surface area contributed by atoms with Gasteiger partial charge in [0, 0.05) is 6.20 Å². The molecule has 1 aliphatic heterocycles. The van der Waals surface area contributed by atoms with E-state index in [-0.39, 0.29) is 0 Å². The van der Waals surface area contributed by atoms with E-state index in [9.17, 15) is 0 Å². The van der Waals surface area contributed by atoms with Crippen LogP contribution in [0.5, 0.6) is 0 Å². The van der Waals surface area contributed by atoms with E-state index >= 15 is 0 Å². The van der Waals surface area contributed by atoms with Crippen LogP contribution in [-0.4, -0.2) is 11.7 Å². The molecule has 2 heteroatoms. The third-order valence-electron chi connectivity index (χ3n) is 2.23. The van der Waals surface area contributed by atoms with Crippen LogP contribution in [0.1, 0.15) is 16.7 Å². The Morgan fingerprint density at radius 3 is 2.50 bits per heavy atom. The van der Waals surface area contributed by atoms with Gasteiger partial charge in [0.25, 0.3) is 0 Å². The van der Waals surface area contributed by atoms with E-state index in [0.29, 0.717) is 6.61 Å². The second-order valence-corrected chi connectivity index (χ2v) is 3.75. The van der Waals surface area contributed by atoms with Gasteiger partial charge < -0.3 is 0 Å². The Balaban J connectivity index is 2.11. The lowest BCUT2D eigenvalue weighted by atomic mass is 10.1. The topological polar surface area (TPSA) is 12.5 Å². The maximum Gasteiger partial charge on any atom is 0.0947 e. The number of aryl methyl sites for hydroxylation is 2. The van der Waals surface area contributed by atoms with Crippen molar-refractivity contribution in [1.29, 1.82) is 0 Å². The first-order chi connectivity index (χ1) is 6.74. The lowest BCUT2D eigenvalue weighted by molar-refractivity contribution is -0.0968. The summed E-state index contributed by atoms with van der Waals surface area (Å²) in [5.41, 5.74) is 3.92. The van der Waals surface area contributed by atoms with Crippen molar-refractivity contribution in [2.45, 2.75) is 20.4 Å². The summed E-state index contributed by atoms with van der Waals surface area (Å²) in [6.07, 6.45) is 4.00. The fourth-order valence-electron chi connectivity index (χ4n) is 1.78. The SMILES string of the molecule is Cc1cc(C)cc(CN2C=CCO2)c1. The summed E-state index contributed by atoms with van der Waals surface area (Å²) in [5, 5.41) is 1.87. The minimum atomic E-state index is 0.699. The smallest absolute Gasteiger partial charge is 0.0947 e. The van der Waals surface area contributed by atoms with Crippen LogP contribution in [-0.2, 0) is 11.4 Å². The van der Waals surface area contributed by atoms with E-state index in [4.69, 9.17) is 4.84 Å². The molecule has 0 spiro atoms. The van der Waals surface area contributed by atoms with Gasteiger partial charge in [-0.05, 0) is 25.5 Å². The lowest BCUT2D eigenvalue weighted by Gasteiger charge is -2.15.